The molecule has 106 valence electrons. The van der Waals surface area contributed by atoms with Crippen LogP contribution in [0.5, 0.6) is 0 Å². The summed E-state index contributed by atoms with van der Waals surface area (Å²) in [7, 11) is 0. The first-order valence-electron chi connectivity index (χ1n) is 6.81. The summed E-state index contributed by atoms with van der Waals surface area (Å²) < 4.78 is 1.13. The Morgan fingerprint density at radius 1 is 1.05 bits per heavy atom. The van der Waals surface area contributed by atoms with Gasteiger partial charge < -0.3 is 11.1 Å². The summed E-state index contributed by atoms with van der Waals surface area (Å²) in [5.74, 6) is -0.0423. The number of fused-ring (bicyclic) bond motifs is 1. The van der Waals surface area contributed by atoms with Crippen LogP contribution in [0.2, 0.25) is 0 Å². The maximum Gasteiger partial charge on any atom is 0.253 e. The van der Waals surface area contributed by atoms with Gasteiger partial charge in [-0.2, -0.15) is 0 Å². The summed E-state index contributed by atoms with van der Waals surface area (Å²) in [6.45, 7) is 0.976. The van der Waals surface area contributed by atoms with Gasteiger partial charge in [-0.1, -0.05) is 42.5 Å². The van der Waals surface area contributed by atoms with E-state index in [1.165, 1.54) is 0 Å². The monoisotopic (exact) mass is 296 g/mol. The molecule has 0 spiro atoms. The minimum atomic E-state index is -0.0423. The standard InChI is InChI=1S/C17H16N2OS/c18-9-12-5-1-2-6-13(12)10-19-17(20)15-11-21-16-8-4-3-7-14(15)16/h1-8,11H,9-10,18H2,(H,19,20). The molecule has 0 fully saturated rings. The Balaban J connectivity index is 1.78. The Morgan fingerprint density at radius 3 is 2.57 bits per heavy atom. The first-order chi connectivity index (χ1) is 10.3. The lowest BCUT2D eigenvalue weighted by Crippen LogP contribution is -2.23. The number of nitrogens with one attached hydrogen (secondary N) is 1. The highest BCUT2D eigenvalue weighted by Crippen LogP contribution is 2.25. The van der Waals surface area contributed by atoms with Crippen LogP contribution in [0.1, 0.15) is 21.5 Å². The van der Waals surface area contributed by atoms with Crippen LogP contribution in [-0.4, -0.2) is 5.91 Å². The summed E-state index contributed by atoms with van der Waals surface area (Å²) in [5, 5.41) is 5.90. The summed E-state index contributed by atoms with van der Waals surface area (Å²) >= 11 is 1.59. The Morgan fingerprint density at radius 2 is 1.76 bits per heavy atom. The number of carbonyl (C=O) groups is 1. The van der Waals surface area contributed by atoms with Crippen molar-refractivity contribution in [3.63, 3.8) is 0 Å². The first kappa shape index (κ1) is 13.8. The van der Waals surface area contributed by atoms with Gasteiger partial charge in [0, 0.05) is 28.6 Å². The lowest BCUT2D eigenvalue weighted by molar-refractivity contribution is 0.0953. The summed E-state index contributed by atoms with van der Waals surface area (Å²) in [6, 6.07) is 15.8. The molecular weight excluding hydrogens is 280 g/mol. The normalized spacial score (nSPS) is 10.7. The second kappa shape index (κ2) is 6.08. The molecule has 0 aliphatic carbocycles. The average molecular weight is 296 g/mol. The first-order valence-corrected chi connectivity index (χ1v) is 7.69. The molecule has 2 aromatic carbocycles. The molecule has 0 bridgehead atoms. The topological polar surface area (TPSA) is 55.1 Å². The molecule has 3 rings (SSSR count). The van der Waals surface area contributed by atoms with Crippen molar-refractivity contribution in [3.8, 4) is 0 Å². The van der Waals surface area contributed by atoms with Crippen molar-refractivity contribution < 1.29 is 4.79 Å². The number of nitrogens with two attached hydrogens (primary N) is 1. The molecule has 3 nitrogen and oxygen atoms in total. The third-order valence-corrected chi connectivity index (χ3v) is 4.47. The van der Waals surface area contributed by atoms with Crippen molar-refractivity contribution in [1.82, 2.24) is 5.32 Å². The second-order valence-electron chi connectivity index (χ2n) is 4.80. The van der Waals surface area contributed by atoms with Gasteiger partial charge in [0.1, 0.15) is 0 Å². The molecule has 0 radical (unpaired) electrons. The molecule has 0 saturated carbocycles. The van der Waals surface area contributed by atoms with Gasteiger partial charge in [0.25, 0.3) is 5.91 Å². The highest BCUT2D eigenvalue weighted by atomic mass is 32.1. The van der Waals surface area contributed by atoms with Crippen molar-refractivity contribution in [2.75, 3.05) is 0 Å². The van der Waals surface area contributed by atoms with E-state index in [0.717, 1.165) is 26.8 Å². The van der Waals surface area contributed by atoms with Gasteiger partial charge in [-0.05, 0) is 17.2 Å². The van der Waals surface area contributed by atoms with Crippen LogP contribution >= 0.6 is 11.3 Å². The van der Waals surface area contributed by atoms with Crippen molar-refractivity contribution in [3.05, 3.63) is 70.6 Å². The Bertz CT molecular complexity index is 779. The predicted octanol–water partition coefficient (Wildman–Crippen LogP) is 3.29. The third kappa shape index (κ3) is 2.82. The van der Waals surface area contributed by atoms with Crippen LogP contribution < -0.4 is 11.1 Å². The zero-order chi connectivity index (χ0) is 14.7. The van der Waals surface area contributed by atoms with Crippen molar-refractivity contribution in [2.45, 2.75) is 13.1 Å². The number of thiophene rings is 1. The summed E-state index contributed by atoms with van der Waals surface area (Å²) in [6.07, 6.45) is 0. The fourth-order valence-corrected chi connectivity index (χ4v) is 3.29. The smallest absolute Gasteiger partial charge is 0.253 e. The zero-order valence-electron chi connectivity index (χ0n) is 11.5. The Hall–Kier alpha value is -2.17. The molecule has 1 heterocycles. The molecule has 0 saturated heterocycles. The molecule has 0 aliphatic rings. The highest BCUT2D eigenvalue weighted by Gasteiger charge is 2.11. The minimum absolute atomic E-state index is 0.0423. The second-order valence-corrected chi connectivity index (χ2v) is 5.71. The van der Waals surface area contributed by atoms with Gasteiger partial charge in [-0.15, -0.1) is 11.3 Å². The van der Waals surface area contributed by atoms with E-state index in [2.05, 4.69) is 5.32 Å². The lowest BCUT2D eigenvalue weighted by Gasteiger charge is -2.09. The summed E-state index contributed by atoms with van der Waals surface area (Å²) in [4.78, 5) is 12.4. The zero-order valence-corrected chi connectivity index (χ0v) is 12.3. The Kier molecular flexibility index (Phi) is 3.99. The molecule has 3 aromatic rings. The largest absolute Gasteiger partial charge is 0.348 e. The van der Waals surface area contributed by atoms with Gasteiger partial charge in [-0.25, -0.2) is 0 Å². The predicted molar refractivity (Wildman–Crippen MR) is 87.3 cm³/mol. The van der Waals surface area contributed by atoms with Gasteiger partial charge >= 0.3 is 0 Å². The quantitative estimate of drug-likeness (QED) is 0.776. The van der Waals surface area contributed by atoms with E-state index in [4.69, 9.17) is 5.73 Å². The van der Waals surface area contributed by atoms with E-state index in [9.17, 15) is 4.79 Å². The van der Waals surface area contributed by atoms with Crippen molar-refractivity contribution in [2.24, 2.45) is 5.73 Å². The number of hydrogen-bond donors (Lipinski definition) is 2. The van der Waals surface area contributed by atoms with E-state index >= 15 is 0 Å². The minimum Gasteiger partial charge on any atom is -0.348 e. The fourth-order valence-electron chi connectivity index (χ4n) is 2.35. The van der Waals surface area contributed by atoms with Gasteiger partial charge in [0.2, 0.25) is 0 Å². The van der Waals surface area contributed by atoms with Crippen LogP contribution in [0, 0.1) is 0 Å². The molecular formula is C17H16N2OS. The van der Waals surface area contributed by atoms with E-state index in [0.29, 0.717) is 13.1 Å². The van der Waals surface area contributed by atoms with Gasteiger partial charge in [0.05, 0.1) is 5.56 Å². The molecule has 21 heavy (non-hydrogen) atoms. The molecule has 3 N–H and O–H groups in total. The van der Waals surface area contributed by atoms with Crippen LogP contribution in [-0.2, 0) is 13.1 Å². The fraction of sp³-hybridized carbons (Fsp3) is 0.118. The van der Waals surface area contributed by atoms with E-state index in [1.54, 1.807) is 11.3 Å². The van der Waals surface area contributed by atoms with Crippen molar-refractivity contribution in [1.29, 1.82) is 0 Å². The van der Waals surface area contributed by atoms with Gasteiger partial charge in [-0.3, -0.25) is 4.79 Å². The van der Waals surface area contributed by atoms with Crippen molar-refractivity contribution >= 4 is 27.3 Å². The SMILES string of the molecule is NCc1ccccc1CNC(=O)c1csc2ccccc12. The van der Waals surface area contributed by atoms with E-state index < -0.39 is 0 Å². The van der Waals surface area contributed by atoms with Gasteiger partial charge in [0.15, 0.2) is 0 Å². The molecule has 1 aromatic heterocycles. The number of amides is 1. The molecule has 1 amide bonds. The van der Waals surface area contributed by atoms with E-state index in [1.807, 2.05) is 53.9 Å². The molecule has 4 heteroatoms. The van der Waals surface area contributed by atoms with E-state index in [-0.39, 0.29) is 5.91 Å². The van der Waals surface area contributed by atoms with Crippen LogP contribution in [0.3, 0.4) is 0 Å². The average Bonchev–Trinajstić information content (AvgIpc) is 2.97. The maximum atomic E-state index is 12.4. The summed E-state index contributed by atoms with van der Waals surface area (Å²) in [5.41, 5.74) is 8.58. The number of carbonyl (C=O) groups excluding carboxylic acids is 1. The van der Waals surface area contributed by atoms with Crippen LogP contribution in [0.15, 0.2) is 53.9 Å². The number of hydrogen-bond acceptors (Lipinski definition) is 3. The van der Waals surface area contributed by atoms with Crippen LogP contribution in [0.4, 0.5) is 0 Å². The Labute approximate surface area is 127 Å². The lowest BCUT2D eigenvalue weighted by atomic mass is 10.1. The third-order valence-electron chi connectivity index (χ3n) is 3.50. The maximum absolute atomic E-state index is 12.4. The molecule has 0 atom stereocenters. The highest BCUT2D eigenvalue weighted by molar-refractivity contribution is 7.17. The van der Waals surface area contributed by atoms with Crippen LogP contribution in [0.25, 0.3) is 10.1 Å². The number of benzene rings is 2. The number of rotatable bonds is 4. The molecule has 0 aliphatic heterocycles. The molecule has 0 unspecified atom stereocenters.